The molecule has 36 heavy (non-hydrogen) atoms. The minimum Gasteiger partial charge on any atom is -0.468 e. The Labute approximate surface area is 218 Å². The van der Waals surface area contributed by atoms with Crippen LogP contribution in [-0.4, -0.2) is 49.0 Å². The van der Waals surface area contributed by atoms with Crippen LogP contribution >= 0.6 is 23.5 Å². The highest BCUT2D eigenvalue weighted by Gasteiger charge is 2.40. The van der Waals surface area contributed by atoms with Crippen molar-refractivity contribution in [2.45, 2.75) is 48.9 Å². The number of carbonyl (C=O) groups is 1. The first-order valence-electron chi connectivity index (χ1n) is 12.0. The lowest BCUT2D eigenvalue weighted by molar-refractivity contribution is -0.140. The van der Waals surface area contributed by atoms with Gasteiger partial charge in [-0.2, -0.15) is 0 Å². The second-order valence-electron chi connectivity index (χ2n) is 8.63. The molecule has 10 heteroatoms. The van der Waals surface area contributed by atoms with E-state index in [1.54, 1.807) is 23.5 Å². The number of nitrogens with one attached hydrogen (secondary N) is 1. The van der Waals surface area contributed by atoms with E-state index in [2.05, 4.69) is 69.4 Å². The molecular formula is C26H28N6O2S2. The largest absolute Gasteiger partial charge is 0.468 e. The van der Waals surface area contributed by atoms with Crippen LogP contribution in [0.5, 0.6) is 0 Å². The number of fused-ring (bicyclic) bond motifs is 1. The molecule has 0 saturated heterocycles. The second-order valence-corrected chi connectivity index (χ2v) is 11.1. The quantitative estimate of drug-likeness (QED) is 0.171. The Bertz CT molecular complexity index is 1340. The number of unbranched alkanes of at least 4 members (excludes halogenated alkanes) is 1. The number of rotatable bonds is 9. The number of benzene rings is 2. The van der Waals surface area contributed by atoms with Crippen molar-refractivity contribution < 1.29 is 9.53 Å². The molecule has 0 bridgehead atoms. The molecule has 0 saturated carbocycles. The minimum absolute atomic E-state index is 0.166. The zero-order chi connectivity index (χ0) is 25.1. The van der Waals surface area contributed by atoms with Crippen LogP contribution in [0.25, 0.3) is 22.5 Å². The number of aromatic nitrogens is 6. The van der Waals surface area contributed by atoms with Crippen molar-refractivity contribution in [1.29, 1.82) is 0 Å². The number of tetrazole rings is 1. The van der Waals surface area contributed by atoms with Gasteiger partial charge in [-0.3, -0.25) is 4.79 Å². The van der Waals surface area contributed by atoms with Gasteiger partial charge in [0.1, 0.15) is 5.25 Å². The summed E-state index contributed by atoms with van der Waals surface area (Å²) >= 11 is 3.38. The van der Waals surface area contributed by atoms with Gasteiger partial charge in [0.05, 0.1) is 18.5 Å². The van der Waals surface area contributed by atoms with Crippen LogP contribution in [0.4, 0.5) is 0 Å². The van der Waals surface area contributed by atoms with Crippen molar-refractivity contribution in [3.05, 3.63) is 65.5 Å². The zero-order valence-electron chi connectivity index (χ0n) is 20.5. The average Bonchev–Trinajstić information content (AvgIpc) is 3.63. The molecule has 0 fully saturated rings. The van der Waals surface area contributed by atoms with E-state index in [4.69, 9.17) is 9.72 Å². The van der Waals surface area contributed by atoms with Gasteiger partial charge in [0, 0.05) is 23.1 Å². The van der Waals surface area contributed by atoms with Gasteiger partial charge in [0.15, 0.2) is 11.0 Å². The van der Waals surface area contributed by atoms with Crippen LogP contribution in [0.2, 0.25) is 0 Å². The summed E-state index contributed by atoms with van der Waals surface area (Å²) < 4.78 is 7.36. The predicted molar refractivity (Wildman–Crippen MR) is 143 cm³/mol. The normalized spacial score (nSPS) is 16.8. The molecule has 0 radical (unpaired) electrons. The molecule has 5 rings (SSSR count). The Balaban J connectivity index is 1.45. The van der Waals surface area contributed by atoms with Crippen LogP contribution < -0.4 is 0 Å². The van der Waals surface area contributed by atoms with Crippen LogP contribution in [0.1, 0.15) is 54.1 Å². The molecule has 186 valence electrons. The summed E-state index contributed by atoms with van der Waals surface area (Å²) in [6, 6.07) is 16.7. The first-order valence-corrected chi connectivity index (χ1v) is 13.9. The highest BCUT2D eigenvalue weighted by molar-refractivity contribution is 8.00. The first kappa shape index (κ1) is 24.6. The van der Waals surface area contributed by atoms with Gasteiger partial charge in [-0.25, -0.2) is 10.1 Å². The Morgan fingerprint density at radius 2 is 1.94 bits per heavy atom. The molecule has 2 atom stereocenters. The van der Waals surface area contributed by atoms with Gasteiger partial charge in [-0.1, -0.05) is 73.6 Å². The summed E-state index contributed by atoms with van der Waals surface area (Å²) in [7, 11) is 1.44. The maximum atomic E-state index is 12.4. The third-order valence-electron chi connectivity index (χ3n) is 6.25. The lowest BCUT2D eigenvalue weighted by Crippen LogP contribution is -2.09. The molecule has 0 amide bonds. The Morgan fingerprint density at radius 1 is 1.17 bits per heavy atom. The number of methoxy groups -OCH3 is 1. The molecule has 1 aliphatic heterocycles. The molecule has 8 nitrogen and oxygen atoms in total. The van der Waals surface area contributed by atoms with Crippen LogP contribution in [0, 0.1) is 0 Å². The van der Waals surface area contributed by atoms with Crippen molar-refractivity contribution >= 4 is 29.5 Å². The molecule has 2 unspecified atom stereocenters. The van der Waals surface area contributed by atoms with E-state index in [-0.39, 0.29) is 16.5 Å². The second kappa shape index (κ2) is 10.9. The molecule has 3 heterocycles. The average molecular weight is 521 g/mol. The molecule has 2 aromatic carbocycles. The fourth-order valence-corrected chi connectivity index (χ4v) is 6.84. The van der Waals surface area contributed by atoms with Gasteiger partial charge >= 0.3 is 5.97 Å². The number of nitrogens with zero attached hydrogens (tertiary/aromatic N) is 5. The van der Waals surface area contributed by atoms with Gasteiger partial charge in [0.2, 0.25) is 0 Å². The van der Waals surface area contributed by atoms with Crippen molar-refractivity contribution in [2.75, 3.05) is 12.9 Å². The molecule has 4 aromatic rings. The topological polar surface area (TPSA) is 98.6 Å². The number of thioether (sulfide) groups is 2. The van der Waals surface area contributed by atoms with Gasteiger partial charge in [-0.05, 0) is 40.5 Å². The van der Waals surface area contributed by atoms with E-state index in [1.165, 1.54) is 12.7 Å². The zero-order valence-corrected chi connectivity index (χ0v) is 22.1. The fourth-order valence-electron chi connectivity index (χ4n) is 4.45. The van der Waals surface area contributed by atoms with Crippen molar-refractivity contribution in [3.8, 4) is 22.5 Å². The summed E-state index contributed by atoms with van der Waals surface area (Å²) in [5.41, 5.74) is 6.26. The van der Waals surface area contributed by atoms with E-state index in [9.17, 15) is 4.79 Å². The molecule has 1 N–H and O–H groups in total. The van der Waals surface area contributed by atoms with E-state index >= 15 is 0 Å². The van der Waals surface area contributed by atoms with Crippen molar-refractivity contribution in [3.63, 3.8) is 0 Å². The fraction of sp³-hybridized carbons (Fsp3) is 0.346. The highest BCUT2D eigenvalue weighted by atomic mass is 32.2. The van der Waals surface area contributed by atoms with E-state index in [0.29, 0.717) is 12.4 Å². The third kappa shape index (κ3) is 4.79. The number of esters is 1. The lowest BCUT2D eigenvalue weighted by atomic mass is 9.98. The minimum atomic E-state index is -0.365. The standard InChI is InChI=1S/C26H28N6O2S2/c1-4-5-14-35-26-27-21-22(16(2)36-23(21)25(33)34-3)32(26)15-17-10-12-18(13-11-17)19-8-6-7-9-20(19)24-28-30-31-29-24/h6-13,16,23H,4-5,14-15H2,1-3H3,(H,28,29,30,31). The monoisotopic (exact) mass is 520 g/mol. The molecular weight excluding hydrogens is 492 g/mol. The van der Waals surface area contributed by atoms with Crippen LogP contribution in [0.15, 0.2) is 53.7 Å². The summed E-state index contributed by atoms with van der Waals surface area (Å²) in [5, 5.41) is 15.1. The number of carbonyl (C=O) groups excluding carboxylic acids is 1. The third-order valence-corrected chi connectivity index (χ3v) is 8.63. The molecule has 0 aliphatic carbocycles. The van der Waals surface area contributed by atoms with Gasteiger partial charge < -0.3 is 9.30 Å². The summed E-state index contributed by atoms with van der Waals surface area (Å²) in [4.78, 5) is 17.4. The summed E-state index contributed by atoms with van der Waals surface area (Å²) in [5.74, 6) is 1.41. The van der Waals surface area contributed by atoms with Crippen molar-refractivity contribution in [1.82, 2.24) is 30.2 Å². The number of hydrogen-bond donors (Lipinski definition) is 1. The predicted octanol–water partition coefficient (Wildman–Crippen LogP) is 5.69. The van der Waals surface area contributed by atoms with E-state index < -0.39 is 0 Å². The van der Waals surface area contributed by atoms with Gasteiger partial charge in [0.25, 0.3) is 0 Å². The van der Waals surface area contributed by atoms with Crippen LogP contribution in [-0.2, 0) is 16.1 Å². The number of aromatic amines is 1. The number of ether oxygens (including phenoxy) is 1. The molecule has 1 aliphatic rings. The van der Waals surface area contributed by atoms with E-state index in [1.807, 2.05) is 18.2 Å². The Morgan fingerprint density at radius 3 is 2.64 bits per heavy atom. The Kier molecular flexibility index (Phi) is 7.43. The first-order chi connectivity index (χ1) is 17.6. The highest BCUT2D eigenvalue weighted by Crippen LogP contribution is 2.51. The summed E-state index contributed by atoms with van der Waals surface area (Å²) in [6.07, 6.45) is 2.26. The number of H-pyrrole nitrogens is 1. The maximum Gasteiger partial charge on any atom is 0.325 e. The Hall–Kier alpha value is -3.11. The van der Waals surface area contributed by atoms with Crippen molar-refractivity contribution in [2.24, 2.45) is 0 Å². The van der Waals surface area contributed by atoms with Crippen LogP contribution in [0.3, 0.4) is 0 Å². The smallest absolute Gasteiger partial charge is 0.325 e. The van der Waals surface area contributed by atoms with Gasteiger partial charge in [-0.15, -0.1) is 16.9 Å². The lowest BCUT2D eigenvalue weighted by Gasteiger charge is -2.15. The summed E-state index contributed by atoms with van der Waals surface area (Å²) in [6.45, 7) is 5.03. The van der Waals surface area contributed by atoms with E-state index in [0.717, 1.165) is 51.8 Å². The molecule has 0 spiro atoms. The number of imidazole rings is 1. The SMILES string of the molecule is CCCCSc1nc2c(n1Cc1ccc(-c3ccccc3-c3nnn[nH]3)cc1)C(C)SC2C(=O)OC. The molecule has 2 aromatic heterocycles. The number of hydrogen-bond acceptors (Lipinski definition) is 8. The maximum absolute atomic E-state index is 12.4.